The molecule has 3 unspecified atom stereocenters. The predicted octanol–water partition coefficient (Wildman–Crippen LogP) is -0.0482. The highest BCUT2D eigenvalue weighted by Gasteiger charge is 2.55. The van der Waals surface area contributed by atoms with Gasteiger partial charge in [0, 0.05) is 12.1 Å². The van der Waals surface area contributed by atoms with Crippen molar-refractivity contribution in [1.82, 2.24) is 4.90 Å². The average molecular weight is 392 g/mol. The lowest BCUT2D eigenvalue weighted by molar-refractivity contribution is -0.151. The Hall–Kier alpha value is -0.865. The second-order valence-electron chi connectivity index (χ2n) is 7.76. The van der Waals surface area contributed by atoms with Crippen LogP contribution in [-0.4, -0.2) is 62.7 Å². The van der Waals surface area contributed by atoms with Gasteiger partial charge in [-0.2, -0.15) is 0 Å². The Kier molecular flexibility index (Phi) is 7.92. The third-order valence-corrected chi connectivity index (χ3v) is 6.02. The van der Waals surface area contributed by atoms with E-state index in [9.17, 15) is 14.7 Å². The maximum atomic E-state index is 12.5. The SMILES string of the molecule is C[C@H](N)C(=O)N1CCCC12CCC(N)(C(=O)O)C(CCCB(O)O)C2.Cl. The van der Waals surface area contributed by atoms with Crippen molar-refractivity contribution in [1.29, 1.82) is 0 Å². The summed E-state index contributed by atoms with van der Waals surface area (Å²) in [6.45, 7) is 2.31. The summed E-state index contributed by atoms with van der Waals surface area (Å²) in [6, 6.07) is -0.581. The number of carbonyl (C=O) groups excluding carboxylic acids is 1. The van der Waals surface area contributed by atoms with Crippen molar-refractivity contribution in [3.8, 4) is 0 Å². The molecule has 2 fully saturated rings. The quantitative estimate of drug-likeness (QED) is 0.398. The van der Waals surface area contributed by atoms with Crippen LogP contribution in [0.15, 0.2) is 0 Å². The molecule has 26 heavy (non-hydrogen) atoms. The van der Waals surface area contributed by atoms with Gasteiger partial charge in [0.05, 0.1) is 6.04 Å². The number of likely N-dealkylation sites (tertiary alicyclic amines) is 1. The van der Waals surface area contributed by atoms with E-state index in [0.717, 1.165) is 12.8 Å². The number of carboxylic acids is 1. The molecule has 0 aromatic carbocycles. The Morgan fingerprint density at radius 1 is 1.31 bits per heavy atom. The van der Waals surface area contributed by atoms with E-state index in [1.54, 1.807) is 6.92 Å². The van der Waals surface area contributed by atoms with Gasteiger partial charge in [0.2, 0.25) is 5.91 Å². The third-order valence-electron chi connectivity index (χ3n) is 6.02. The number of nitrogens with two attached hydrogens (primary N) is 2. The van der Waals surface area contributed by atoms with E-state index in [2.05, 4.69) is 0 Å². The van der Waals surface area contributed by atoms with Crippen LogP contribution in [0.3, 0.4) is 0 Å². The van der Waals surface area contributed by atoms with Gasteiger partial charge in [-0.05, 0) is 57.7 Å². The first kappa shape index (κ1) is 23.2. The van der Waals surface area contributed by atoms with Crippen molar-refractivity contribution in [2.24, 2.45) is 17.4 Å². The Labute approximate surface area is 160 Å². The molecule has 7 N–H and O–H groups in total. The van der Waals surface area contributed by atoms with Gasteiger partial charge in [0.25, 0.3) is 0 Å². The van der Waals surface area contributed by atoms with Gasteiger partial charge >= 0.3 is 13.1 Å². The fourth-order valence-corrected chi connectivity index (χ4v) is 4.57. The Balaban J connectivity index is 0.00000338. The van der Waals surface area contributed by atoms with Crippen LogP contribution in [0.1, 0.15) is 51.9 Å². The average Bonchev–Trinajstić information content (AvgIpc) is 2.93. The minimum absolute atomic E-state index is 0. The van der Waals surface area contributed by atoms with E-state index in [0.29, 0.717) is 38.6 Å². The number of rotatable bonds is 6. The first-order valence-corrected chi connectivity index (χ1v) is 9.08. The second-order valence-corrected chi connectivity index (χ2v) is 7.76. The molecular weight excluding hydrogens is 360 g/mol. The van der Waals surface area contributed by atoms with E-state index in [4.69, 9.17) is 21.5 Å². The highest BCUT2D eigenvalue weighted by Crippen LogP contribution is 2.48. The maximum absolute atomic E-state index is 12.5. The molecule has 1 aliphatic carbocycles. The number of hydrogen-bond acceptors (Lipinski definition) is 6. The number of carbonyl (C=O) groups is 2. The zero-order valence-electron chi connectivity index (χ0n) is 15.3. The molecule has 1 saturated carbocycles. The van der Waals surface area contributed by atoms with Gasteiger partial charge < -0.3 is 31.5 Å². The lowest BCUT2D eigenvalue weighted by Gasteiger charge is -2.50. The highest BCUT2D eigenvalue weighted by molar-refractivity contribution is 6.40. The third kappa shape index (κ3) is 4.51. The summed E-state index contributed by atoms with van der Waals surface area (Å²) >= 11 is 0. The Bertz CT molecular complexity index is 524. The van der Waals surface area contributed by atoms with Gasteiger partial charge in [-0.25, -0.2) is 0 Å². The molecule has 1 aliphatic heterocycles. The summed E-state index contributed by atoms with van der Waals surface area (Å²) < 4.78 is 0. The van der Waals surface area contributed by atoms with Gasteiger partial charge in [-0.3, -0.25) is 9.59 Å². The topological polar surface area (TPSA) is 150 Å². The van der Waals surface area contributed by atoms with Gasteiger partial charge in [-0.1, -0.05) is 6.42 Å². The number of carboxylic acid groups (broad SMARTS) is 1. The molecule has 1 saturated heterocycles. The first-order valence-electron chi connectivity index (χ1n) is 9.08. The first-order chi connectivity index (χ1) is 11.6. The lowest BCUT2D eigenvalue weighted by Crippen LogP contribution is -2.64. The molecule has 150 valence electrons. The molecule has 0 aromatic heterocycles. The second kappa shape index (κ2) is 8.88. The number of hydrogen-bond donors (Lipinski definition) is 5. The van der Waals surface area contributed by atoms with Crippen molar-refractivity contribution < 1.29 is 24.7 Å². The van der Waals surface area contributed by atoms with Crippen molar-refractivity contribution >= 4 is 31.4 Å². The zero-order chi connectivity index (χ0) is 18.8. The molecule has 1 spiro atoms. The van der Waals surface area contributed by atoms with Crippen LogP contribution in [-0.2, 0) is 9.59 Å². The van der Waals surface area contributed by atoms with Crippen LogP contribution < -0.4 is 11.5 Å². The van der Waals surface area contributed by atoms with Crippen LogP contribution in [0.4, 0.5) is 0 Å². The van der Waals surface area contributed by atoms with E-state index in [-0.39, 0.29) is 36.1 Å². The minimum Gasteiger partial charge on any atom is -0.480 e. The summed E-state index contributed by atoms with van der Waals surface area (Å²) in [6.07, 6.45) is 4.25. The molecule has 1 amide bonds. The normalized spacial score (nSPS) is 32.2. The highest BCUT2D eigenvalue weighted by atomic mass is 35.5. The van der Waals surface area contributed by atoms with Crippen molar-refractivity contribution in [2.75, 3.05) is 6.54 Å². The van der Waals surface area contributed by atoms with Crippen LogP contribution in [0, 0.1) is 5.92 Å². The molecular formula is C16H31BClN3O5. The summed E-state index contributed by atoms with van der Waals surface area (Å²) in [5.41, 5.74) is 10.3. The number of amides is 1. The van der Waals surface area contributed by atoms with Crippen LogP contribution in [0.2, 0.25) is 6.32 Å². The molecule has 2 aliphatic rings. The molecule has 0 bridgehead atoms. The van der Waals surface area contributed by atoms with E-state index < -0.39 is 24.7 Å². The van der Waals surface area contributed by atoms with Crippen molar-refractivity contribution in [3.63, 3.8) is 0 Å². The van der Waals surface area contributed by atoms with Crippen LogP contribution in [0.5, 0.6) is 0 Å². The number of aliphatic carboxylic acids is 1. The van der Waals surface area contributed by atoms with Crippen LogP contribution >= 0.6 is 12.4 Å². The molecule has 4 atom stereocenters. The zero-order valence-corrected chi connectivity index (χ0v) is 16.1. The summed E-state index contributed by atoms with van der Waals surface area (Å²) in [7, 11) is -1.41. The maximum Gasteiger partial charge on any atom is 0.451 e. The molecule has 2 rings (SSSR count). The van der Waals surface area contributed by atoms with E-state index in [1.165, 1.54) is 0 Å². The Morgan fingerprint density at radius 2 is 1.96 bits per heavy atom. The van der Waals surface area contributed by atoms with Crippen molar-refractivity contribution in [2.45, 2.75) is 75.3 Å². The summed E-state index contributed by atoms with van der Waals surface area (Å²) in [5, 5.41) is 27.7. The van der Waals surface area contributed by atoms with Crippen molar-refractivity contribution in [3.05, 3.63) is 0 Å². The molecule has 0 radical (unpaired) electrons. The fraction of sp³-hybridized carbons (Fsp3) is 0.875. The largest absolute Gasteiger partial charge is 0.480 e. The molecule has 8 nitrogen and oxygen atoms in total. The van der Waals surface area contributed by atoms with E-state index in [1.807, 2.05) is 4.90 Å². The molecule has 0 aromatic rings. The van der Waals surface area contributed by atoms with Gasteiger partial charge in [0.1, 0.15) is 5.54 Å². The molecule has 10 heteroatoms. The Morgan fingerprint density at radius 3 is 2.50 bits per heavy atom. The van der Waals surface area contributed by atoms with Gasteiger partial charge in [-0.15, -0.1) is 12.4 Å². The lowest BCUT2D eigenvalue weighted by atomic mass is 9.63. The number of nitrogens with zero attached hydrogens (tertiary/aromatic N) is 1. The minimum atomic E-state index is -1.41. The summed E-state index contributed by atoms with van der Waals surface area (Å²) in [5.74, 6) is -1.44. The molecule has 1 heterocycles. The predicted molar refractivity (Wildman–Crippen MR) is 101 cm³/mol. The van der Waals surface area contributed by atoms with Gasteiger partial charge in [0.15, 0.2) is 0 Å². The smallest absolute Gasteiger partial charge is 0.451 e. The summed E-state index contributed by atoms with van der Waals surface area (Å²) in [4.78, 5) is 26.1. The fourth-order valence-electron chi connectivity index (χ4n) is 4.57. The standard InChI is InChI=1S/C16H30BN3O5.ClH/c1-11(18)13(21)20-9-3-5-15(20)6-7-16(19,14(22)23)12(10-15)4-2-8-17(24)25;/h11-12,24-25H,2-10,18-19H2,1H3,(H,22,23);1H/t11-,12?,15?,16?;/m0./s1. The number of halogens is 1. The van der Waals surface area contributed by atoms with E-state index >= 15 is 0 Å². The monoisotopic (exact) mass is 391 g/mol. The van der Waals surface area contributed by atoms with Crippen LogP contribution in [0.25, 0.3) is 0 Å².